The molecule has 0 spiro atoms. The molecule has 0 fully saturated rings. The number of fused-ring (bicyclic) bond motifs is 1. The van der Waals surface area contributed by atoms with Crippen molar-refractivity contribution in [1.29, 1.82) is 0 Å². The second kappa shape index (κ2) is 7.75. The van der Waals surface area contributed by atoms with Crippen LogP contribution in [0.25, 0.3) is 10.9 Å². The van der Waals surface area contributed by atoms with Crippen LogP contribution in [0, 0.1) is 5.82 Å². The van der Waals surface area contributed by atoms with E-state index in [1.54, 1.807) is 37.4 Å². The van der Waals surface area contributed by atoms with Gasteiger partial charge in [0.25, 0.3) is 5.56 Å². The molecule has 3 rings (SSSR count). The highest BCUT2D eigenvalue weighted by atomic mass is 35.5. The molecule has 0 aliphatic rings. The Morgan fingerprint density at radius 3 is 2.67 bits per heavy atom. The number of rotatable bonds is 5. The molecule has 1 heterocycles. The summed E-state index contributed by atoms with van der Waals surface area (Å²) in [5.41, 5.74) is -0.351. The van der Waals surface area contributed by atoms with Crippen molar-refractivity contribution in [1.82, 2.24) is 14.5 Å². The van der Waals surface area contributed by atoms with Gasteiger partial charge in [-0.3, -0.25) is 19.1 Å². The van der Waals surface area contributed by atoms with Gasteiger partial charge in [0.1, 0.15) is 5.82 Å². The number of halogens is 2. The minimum absolute atomic E-state index is 0.0124. The lowest BCUT2D eigenvalue weighted by Crippen LogP contribution is -2.33. The highest BCUT2D eigenvalue weighted by Crippen LogP contribution is 2.20. The molecule has 0 unspecified atom stereocenters. The zero-order valence-electron chi connectivity index (χ0n) is 14.5. The molecule has 0 bridgehead atoms. The van der Waals surface area contributed by atoms with Crippen molar-refractivity contribution < 1.29 is 9.18 Å². The number of amides is 1. The van der Waals surface area contributed by atoms with E-state index in [9.17, 15) is 18.8 Å². The average Bonchev–Trinajstić information content (AvgIpc) is 2.64. The van der Waals surface area contributed by atoms with Crippen LogP contribution in [-0.2, 0) is 17.9 Å². The van der Waals surface area contributed by atoms with Gasteiger partial charge >= 0.3 is 5.69 Å². The summed E-state index contributed by atoms with van der Waals surface area (Å²) in [5, 5.41) is 0.619. The molecule has 27 heavy (non-hydrogen) atoms. The standard InChI is InChI=1S/C19H17ClFN3O3/c1-23(11-13-14(20)6-4-7-15(13)21)17(25)9-10-24-16-8-3-2-5-12(16)18(26)22-19(24)27/h2-8H,9-11H2,1H3,(H,22,26,27). The number of H-pyrrole nitrogens is 1. The van der Waals surface area contributed by atoms with Crippen molar-refractivity contribution in [2.75, 3.05) is 7.05 Å². The monoisotopic (exact) mass is 389 g/mol. The number of carbonyl (C=O) groups is 1. The van der Waals surface area contributed by atoms with Crippen molar-refractivity contribution >= 4 is 28.4 Å². The smallest absolute Gasteiger partial charge is 0.328 e. The number of aromatic amines is 1. The number of hydrogen-bond acceptors (Lipinski definition) is 3. The van der Waals surface area contributed by atoms with E-state index >= 15 is 0 Å². The van der Waals surface area contributed by atoms with E-state index in [2.05, 4.69) is 4.98 Å². The topological polar surface area (TPSA) is 75.2 Å². The van der Waals surface area contributed by atoms with E-state index in [0.717, 1.165) is 0 Å². The van der Waals surface area contributed by atoms with Gasteiger partial charge in [-0.15, -0.1) is 0 Å². The molecular weight excluding hydrogens is 373 g/mol. The molecular formula is C19H17ClFN3O3. The van der Waals surface area contributed by atoms with Gasteiger partial charge < -0.3 is 4.90 Å². The summed E-state index contributed by atoms with van der Waals surface area (Å²) < 4.78 is 15.2. The highest BCUT2D eigenvalue weighted by molar-refractivity contribution is 6.31. The number of carbonyl (C=O) groups excluding carboxylic acids is 1. The van der Waals surface area contributed by atoms with Gasteiger partial charge in [0.15, 0.2) is 0 Å². The minimum Gasteiger partial charge on any atom is -0.341 e. The maximum Gasteiger partial charge on any atom is 0.328 e. The fourth-order valence-corrected chi connectivity index (χ4v) is 3.09. The highest BCUT2D eigenvalue weighted by Gasteiger charge is 2.15. The summed E-state index contributed by atoms with van der Waals surface area (Å²) in [5.74, 6) is -0.763. The maximum absolute atomic E-state index is 13.9. The minimum atomic E-state index is -0.577. The fourth-order valence-electron chi connectivity index (χ4n) is 2.87. The zero-order valence-corrected chi connectivity index (χ0v) is 15.3. The lowest BCUT2D eigenvalue weighted by Gasteiger charge is -2.19. The van der Waals surface area contributed by atoms with E-state index < -0.39 is 17.1 Å². The van der Waals surface area contributed by atoms with Gasteiger partial charge in [0.05, 0.1) is 10.9 Å². The van der Waals surface area contributed by atoms with Crippen LogP contribution in [0.15, 0.2) is 52.1 Å². The molecule has 3 aromatic rings. The second-order valence-electron chi connectivity index (χ2n) is 6.13. The molecule has 140 valence electrons. The van der Waals surface area contributed by atoms with Crippen LogP contribution in [0.1, 0.15) is 12.0 Å². The van der Waals surface area contributed by atoms with Crippen LogP contribution >= 0.6 is 11.6 Å². The number of para-hydroxylation sites is 1. The van der Waals surface area contributed by atoms with Gasteiger partial charge in [-0.25, -0.2) is 9.18 Å². The van der Waals surface area contributed by atoms with Gasteiger partial charge in [0.2, 0.25) is 5.91 Å². The Kier molecular flexibility index (Phi) is 5.41. The zero-order chi connectivity index (χ0) is 19.6. The summed E-state index contributed by atoms with van der Waals surface area (Å²) >= 11 is 6.00. The van der Waals surface area contributed by atoms with Gasteiger partial charge in [-0.1, -0.05) is 29.8 Å². The number of benzene rings is 2. The Bertz CT molecular complexity index is 1100. The van der Waals surface area contributed by atoms with Crippen LogP contribution in [0.5, 0.6) is 0 Å². The number of hydrogen-bond donors (Lipinski definition) is 1. The predicted molar refractivity (Wildman–Crippen MR) is 101 cm³/mol. The molecule has 0 saturated heterocycles. The first-order valence-electron chi connectivity index (χ1n) is 8.27. The first-order chi connectivity index (χ1) is 12.9. The summed E-state index contributed by atoms with van der Waals surface area (Å²) in [6, 6.07) is 11.0. The number of aryl methyl sites for hydroxylation is 1. The molecule has 0 aliphatic carbocycles. The molecule has 0 atom stereocenters. The Morgan fingerprint density at radius 1 is 1.19 bits per heavy atom. The van der Waals surface area contributed by atoms with Crippen molar-refractivity contribution in [3.05, 3.63) is 79.7 Å². The summed E-state index contributed by atoms with van der Waals surface area (Å²) in [6.45, 7) is 0.107. The molecule has 6 nitrogen and oxygen atoms in total. The summed E-state index contributed by atoms with van der Waals surface area (Å²) in [4.78, 5) is 40.0. The third kappa shape index (κ3) is 3.93. The van der Waals surface area contributed by atoms with Crippen molar-refractivity contribution in [3.63, 3.8) is 0 Å². The van der Waals surface area contributed by atoms with E-state index in [0.29, 0.717) is 10.9 Å². The van der Waals surface area contributed by atoms with Crippen molar-refractivity contribution in [2.45, 2.75) is 19.5 Å². The number of nitrogens with one attached hydrogen (secondary N) is 1. The molecule has 2 aromatic carbocycles. The molecule has 0 radical (unpaired) electrons. The first-order valence-corrected chi connectivity index (χ1v) is 8.65. The first kappa shape index (κ1) is 18.8. The predicted octanol–water partition coefficient (Wildman–Crippen LogP) is 2.53. The number of aromatic nitrogens is 2. The largest absolute Gasteiger partial charge is 0.341 e. The van der Waals surface area contributed by atoms with Crippen LogP contribution in [0.3, 0.4) is 0 Å². The maximum atomic E-state index is 13.9. The molecule has 0 aliphatic heterocycles. The summed E-state index contributed by atoms with van der Waals surface area (Å²) in [6.07, 6.45) is 0.0124. The van der Waals surface area contributed by atoms with Gasteiger partial charge in [-0.2, -0.15) is 0 Å². The fraction of sp³-hybridized carbons (Fsp3) is 0.211. The number of nitrogens with zero attached hydrogens (tertiary/aromatic N) is 2. The third-order valence-electron chi connectivity index (χ3n) is 4.34. The Hall–Kier alpha value is -2.93. The van der Waals surface area contributed by atoms with Gasteiger partial charge in [0, 0.05) is 37.1 Å². The van der Waals surface area contributed by atoms with Gasteiger partial charge in [-0.05, 0) is 24.3 Å². The van der Waals surface area contributed by atoms with E-state index in [1.165, 1.54) is 21.6 Å². The third-order valence-corrected chi connectivity index (χ3v) is 4.69. The second-order valence-corrected chi connectivity index (χ2v) is 6.54. The SMILES string of the molecule is CN(Cc1c(F)cccc1Cl)C(=O)CCn1c(=O)[nH]c(=O)c2ccccc21. The quantitative estimate of drug-likeness (QED) is 0.728. The lowest BCUT2D eigenvalue weighted by atomic mass is 10.2. The van der Waals surface area contributed by atoms with Crippen molar-refractivity contribution in [3.8, 4) is 0 Å². The molecule has 1 N–H and O–H groups in total. The molecule has 1 amide bonds. The normalized spacial score (nSPS) is 10.9. The van der Waals surface area contributed by atoms with Crippen LogP contribution in [-0.4, -0.2) is 27.4 Å². The molecule has 0 saturated carbocycles. The lowest BCUT2D eigenvalue weighted by molar-refractivity contribution is -0.130. The Labute approximate surface area is 158 Å². The van der Waals surface area contributed by atoms with E-state index in [4.69, 9.17) is 11.6 Å². The summed E-state index contributed by atoms with van der Waals surface area (Å²) in [7, 11) is 1.54. The van der Waals surface area contributed by atoms with E-state index in [1.807, 2.05) is 0 Å². The van der Waals surface area contributed by atoms with E-state index in [-0.39, 0.29) is 36.0 Å². The molecule has 8 heteroatoms. The van der Waals surface area contributed by atoms with Crippen LogP contribution < -0.4 is 11.2 Å². The van der Waals surface area contributed by atoms with Crippen LogP contribution in [0.4, 0.5) is 4.39 Å². The van der Waals surface area contributed by atoms with Crippen molar-refractivity contribution in [2.24, 2.45) is 0 Å². The Morgan fingerprint density at radius 2 is 1.93 bits per heavy atom. The Balaban J connectivity index is 1.77. The van der Waals surface area contributed by atoms with Crippen LogP contribution in [0.2, 0.25) is 5.02 Å². The average molecular weight is 390 g/mol. The molecule has 1 aromatic heterocycles.